The number of nitrogens with zero attached hydrogens (tertiary/aromatic N) is 2. The lowest BCUT2D eigenvalue weighted by Gasteiger charge is -2.37. The summed E-state index contributed by atoms with van der Waals surface area (Å²) in [4.78, 5) is 14.9. The molecule has 20 heavy (non-hydrogen) atoms. The maximum absolute atomic E-state index is 13.7. The van der Waals surface area contributed by atoms with Crippen LogP contribution in [0.2, 0.25) is 0 Å². The van der Waals surface area contributed by atoms with Crippen molar-refractivity contribution in [3.8, 4) is 5.75 Å². The summed E-state index contributed by atoms with van der Waals surface area (Å²) in [6.07, 6.45) is 0. The van der Waals surface area contributed by atoms with Crippen LogP contribution in [-0.4, -0.2) is 55.3 Å². The molecule has 0 aromatic heterocycles. The highest BCUT2D eigenvalue weighted by atomic mass is 19.1. The van der Waals surface area contributed by atoms with E-state index in [0.717, 1.165) is 5.69 Å². The molecular weight excluding hydrogens is 263 g/mol. The van der Waals surface area contributed by atoms with Crippen molar-refractivity contribution < 1.29 is 19.0 Å². The summed E-state index contributed by atoms with van der Waals surface area (Å²) < 4.78 is 18.6. The fourth-order valence-electron chi connectivity index (χ4n) is 2.38. The Hall–Kier alpha value is -1.82. The van der Waals surface area contributed by atoms with Crippen molar-refractivity contribution in [2.75, 3.05) is 38.2 Å². The monoisotopic (exact) mass is 282 g/mol. The first-order chi connectivity index (χ1) is 9.52. The number of benzene rings is 1. The molecule has 0 unspecified atom stereocenters. The lowest BCUT2D eigenvalue weighted by atomic mass is 10.2. The Balaban J connectivity index is 2.00. The van der Waals surface area contributed by atoms with Crippen LogP contribution in [0.15, 0.2) is 18.2 Å². The first kappa shape index (κ1) is 14.6. The van der Waals surface area contributed by atoms with E-state index in [4.69, 9.17) is 9.84 Å². The smallest absolute Gasteiger partial charge is 0.320 e. The van der Waals surface area contributed by atoms with Crippen LogP contribution in [0.1, 0.15) is 6.92 Å². The lowest BCUT2D eigenvalue weighted by Crippen LogP contribution is -2.51. The quantitative estimate of drug-likeness (QED) is 0.905. The van der Waals surface area contributed by atoms with Gasteiger partial charge < -0.3 is 14.7 Å². The Morgan fingerprint density at radius 2 is 2.00 bits per heavy atom. The molecule has 6 heteroatoms. The Morgan fingerprint density at radius 1 is 1.35 bits per heavy atom. The van der Waals surface area contributed by atoms with E-state index in [1.54, 1.807) is 13.0 Å². The van der Waals surface area contributed by atoms with Gasteiger partial charge in [0.2, 0.25) is 0 Å². The van der Waals surface area contributed by atoms with Gasteiger partial charge in [-0.05, 0) is 19.1 Å². The first-order valence-electron chi connectivity index (χ1n) is 6.58. The standard InChI is InChI=1S/C14H19FN2O3/c1-10(14(18)19)16-5-7-17(8-6-16)11-3-4-13(20-2)12(15)9-11/h3-4,9-10H,5-8H2,1-2H3,(H,18,19)/t10-/m0/s1. The molecule has 1 heterocycles. The number of carbonyl (C=O) groups is 1. The number of rotatable bonds is 4. The Bertz CT molecular complexity index is 487. The third-order valence-corrected chi connectivity index (χ3v) is 3.72. The zero-order chi connectivity index (χ0) is 14.7. The molecule has 1 atom stereocenters. The predicted octanol–water partition coefficient (Wildman–Crippen LogP) is 1.43. The normalized spacial score (nSPS) is 17.9. The van der Waals surface area contributed by atoms with Crippen molar-refractivity contribution in [1.82, 2.24) is 4.90 Å². The highest BCUT2D eigenvalue weighted by molar-refractivity contribution is 5.73. The molecule has 1 aliphatic heterocycles. The average Bonchev–Trinajstić information content (AvgIpc) is 2.46. The molecular formula is C14H19FN2O3. The Labute approximate surface area is 117 Å². The van der Waals surface area contributed by atoms with Crippen LogP contribution in [-0.2, 0) is 4.79 Å². The molecule has 1 aromatic rings. The van der Waals surface area contributed by atoms with E-state index < -0.39 is 12.0 Å². The highest BCUT2D eigenvalue weighted by Gasteiger charge is 2.25. The molecule has 0 aliphatic carbocycles. The van der Waals surface area contributed by atoms with Gasteiger partial charge in [0, 0.05) is 37.9 Å². The summed E-state index contributed by atoms with van der Waals surface area (Å²) in [5.74, 6) is -0.966. The van der Waals surface area contributed by atoms with Crippen LogP contribution >= 0.6 is 0 Å². The van der Waals surface area contributed by atoms with E-state index in [2.05, 4.69) is 0 Å². The van der Waals surface area contributed by atoms with Crippen LogP contribution in [0.4, 0.5) is 10.1 Å². The van der Waals surface area contributed by atoms with Crippen molar-refractivity contribution in [2.45, 2.75) is 13.0 Å². The highest BCUT2D eigenvalue weighted by Crippen LogP contribution is 2.24. The van der Waals surface area contributed by atoms with Crippen molar-refractivity contribution in [1.29, 1.82) is 0 Å². The van der Waals surface area contributed by atoms with Gasteiger partial charge in [-0.25, -0.2) is 4.39 Å². The van der Waals surface area contributed by atoms with Gasteiger partial charge in [-0.1, -0.05) is 0 Å². The second kappa shape index (κ2) is 6.09. The van der Waals surface area contributed by atoms with Crippen molar-refractivity contribution >= 4 is 11.7 Å². The average molecular weight is 282 g/mol. The molecule has 1 N–H and O–H groups in total. The summed E-state index contributed by atoms with van der Waals surface area (Å²) in [5.41, 5.74) is 0.797. The number of carboxylic acid groups (broad SMARTS) is 1. The van der Waals surface area contributed by atoms with Crippen LogP contribution in [0.5, 0.6) is 5.75 Å². The maximum atomic E-state index is 13.7. The van der Waals surface area contributed by atoms with Gasteiger partial charge in [-0.3, -0.25) is 9.69 Å². The molecule has 2 rings (SSSR count). The second-order valence-corrected chi connectivity index (χ2v) is 4.86. The van der Waals surface area contributed by atoms with Crippen molar-refractivity contribution in [3.63, 3.8) is 0 Å². The fourth-order valence-corrected chi connectivity index (χ4v) is 2.38. The van der Waals surface area contributed by atoms with Crippen molar-refractivity contribution in [2.24, 2.45) is 0 Å². The van der Waals surface area contributed by atoms with E-state index in [0.29, 0.717) is 26.2 Å². The summed E-state index contributed by atoms with van der Waals surface area (Å²) in [6.45, 7) is 4.36. The minimum Gasteiger partial charge on any atom is -0.494 e. The van der Waals surface area contributed by atoms with E-state index in [1.807, 2.05) is 15.9 Å². The Kier molecular flexibility index (Phi) is 4.44. The minimum absolute atomic E-state index is 0.229. The van der Waals surface area contributed by atoms with Crippen molar-refractivity contribution in [3.05, 3.63) is 24.0 Å². The number of carboxylic acids is 1. The summed E-state index contributed by atoms with van der Waals surface area (Å²) in [5, 5.41) is 8.99. The van der Waals surface area contributed by atoms with Crippen LogP contribution in [0.25, 0.3) is 0 Å². The molecule has 5 nitrogen and oxygen atoms in total. The van der Waals surface area contributed by atoms with Gasteiger partial charge >= 0.3 is 5.97 Å². The van der Waals surface area contributed by atoms with Gasteiger partial charge in [0.1, 0.15) is 6.04 Å². The maximum Gasteiger partial charge on any atom is 0.320 e. The number of piperazine rings is 1. The lowest BCUT2D eigenvalue weighted by molar-refractivity contribution is -0.142. The zero-order valence-corrected chi connectivity index (χ0v) is 11.7. The van der Waals surface area contributed by atoms with E-state index >= 15 is 0 Å². The number of hydrogen-bond acceptors (Lipinski definition) is 4. The molecule has 0 amide bonds. The van der Waals surface area contributed by atoms with E-state index in [1.165, 1.54) is 13.2 Å². The molecule has 0 spiro atoms. The third-order valence-electron chi connectivity index (χ3n) is 3.72. The van der Waals surface area contributed by atoms with E-state index in [-0.39, 0.29) is 11.6 Å². The van der Waals surface area contributed by atoms with Crippen LogP contribution in [0, 0.1) is 5.82 Å². The molecule has 110 valence electrons. The Morgan fingerprint density at radius 3 is 2.50 bits per heavy atom. The van der Waals surface area contributed by atoms with Gasteiger partial charge in [0.25, 0.3) is 0 Å². The van der Waals surface area contributed by atoms with Crippen LogP contribution in [0.3, 0.4) is 0 Å². The number of ether oxygens (including phenoxy) is 1. The predicted molar refractivity (Wildman–Crippen MR) is 73.8 cm³/mol. The largest absolute Gasteiger partial charge is 0.494 e. The van der Waals surface area contributed by atoms with Gasteiger partial charge in [0.15, 0.2) is 11.6 Å². The number of halogens is 1. The zero-order valence-electron chi connectivity index (χ0n) is 11.7. The fraction of sp³-hybridized carbons (Fsp3) is 0.500. The molecule has 1 aromatic carbocycles. The minimum atomic E-state index is -0.811. The summed E-state index contributed by atoms with van der Waals surface area (Å²) >= 11 is 0. The van der Waals surface area contributed by atoms with Gasteiger partial charge in [0.05, 0.1) is 7.11 Å². The number of methoxy groups -OCH3 is 1. The third kappa shape index (κ3) is 3.01. The topological polar surface area (TPSA) is 53.0 Å². The second-order valence-electron chi connectivity index (χ2n) is 4.86. The molecule has 0 bridgehead atoms. The number of aliphatic carboxylic acids is 1. The number of hydrogen-bond donors (Lipinski definition) is 1. The first-order valence-corrected chi connectivity index (χ1v) is 6.58. The molecule has 0 radical (unpaired) electrons. The number of anilines is 1. The molecule has 0 saturated carbocycles. The molecule has 1 saturated heterocycles. The van der Waals surface area contributed by atoms with E-state index in [9.17, 15) is 9.18 Å². The summed E-state index contributed by atoms with van der Waals surface area (Å²) in [7, 11) is 1.43. The van der Waals surface area contributed by atoms with Gasteiger partial charge in [-0.2, -0.15) is 0 Å². The van der Waals surface area contributed by atoms with Gasteiger partial charge in [-0.15, -0.1) is 0 Å². The molecule has 1 fully saturated rings. The SMILES string of the molecule is COc1ccc(N2CCN([C@@H](C)C(=O)O)CC2)cc1F. The summed E-state index contributed by atoms with van der Waals surface area (Å²) in [6, 6.07) is 4.40. The molecule has 1 aliphatic rings. The van der Waals surface area contributed by atoms with Crippen LogP contribution < -0.4 is 9.64 Å².